The maximum atomic E-state index is 5.83. The zero-order chi connectivity index (χ0) is 28.2. The van der Waals surface area contributed by atoms with Gasteiger partial charge >= 0.3 is 0 Å². The molecule has 0 aliphatic carbocycles. The van der Waals surface area contributed by atoms with Crippen LogP contribution >= 0.6 is 0 Å². The second-order valence-electron chi connectivity index (χ2n) is 10.2. The van der Waals surface area contributed by atoms with Crippen molar-refractivity contribution in [2.45, 2.75) is 39.2 Å². The molecule has 1 unspecified atom stereocenters. The van der Waals surface area contributed by atoms with Crippen LogP contribution in [-0.2, 0) is 12.8 Å². The standard InChI is InChI=1S/C31H38N8O/c1-7-20-16-26(28(40-6)17-27(20)39-15-12-22(19-39)38(4)5)36-31-34-18-21(8-2)30(37-31)35-24-10-11-25-29(23(24)9-3)33-14-13-32-25/h8,10-11,13-14,16-18,22H,2,7,9,12,15,19H2,1,3-6H3,(H2,34,35,36,37). The van der Waals surface area contributed by atoms with Gasteiger partial charge in [0, 0.05) is 66.3 Å². The van der Waals surface area contributed by atoms with E-state index in [1.54, 1.807) is 31.8 Å². The van der Waals surface area contributed by atoms with Gasteiger partial charge in [0.2, 0.25) is 5.95 Å². The molecule has 2 aromatic carbocycles. The Balaban J connectivity index is 1.46. The van der Waals surface area contributed by atoms with Gasteiger partial charge in [-0.25, -0.2) is 4.98 Å². The number of hydrogen-bond donors (Lipinski definition) is 2. The second-order valence-corrected chi connectivity index (χ2v) is 10.2. The number of rotatable bonds is 10. The Morgan fingerprint density at radius 2 is 1.90 bits per heavy atom. The number of nitrogens with one attached hydrogen (secondary N) is 2. The average molecular weight is 539 g/mol. The van der Waals surface area contributed by atoms with E-state index in [4.69, 9.17) is 9.72 Å². The highest BCUT2D eigenvalue weighted by Crippen LogP contribution is 2.37. The molecule has 1 aliphatic rings. The molecule has 2 aromatic heterocycles. The van der Waals surface area contributed by atoms with E-state index in [2.05, 4.69) is 82.0 Å². The maximum absolute atomic E-state index is 5.83. The van der Waals surface area contributed by atoms with Crippen LogP contribution in [-0.4, -0.2) is 65.2 Å². The Labute approximate surface area is 236 Å². The van der Waals surface area contributed by atoms with Crippen molar-refractivity contribution in [2.24, 2.45) is 0 Å². The van der Waals surface area contributed by atoms with E-state index in [9.17, 15) is 0 Å². The number of nitrogens with zero attached hydrogens (tertiary/aromatic N) is 6. The number of aromatic nitrogens is 4. The molecule has 4 aromatic rings. The van der Waals surface area contributed by atoms with Crippen LogP contribution in [0, 0.1) is 0 Å². The van der Waals surface area contributed by atoms with E-state index in [0.29, 0.717) is 17.8 Å². The van der Waals surface area contributed by atoms with Gasteiger partial charge in [-0.15, -0.1) is 0 Å². The third-order valence-corrected chi connectivity index (χ3v) is 7.65. The zero-order valence-electron chi connectivity index (χ0n) is 24.0. The number of aryl methyl sites for hydroxylation is 2. The van der Waals surface area contributed by atoms with Gasteiger partial charge in [-0.3, -0.25) is 9.97 Å². The summed E-state index contributed by atoms with van der Waals surface area (Å²) in [4.78, 5) is 23.2. The van der Waals surface area contributed by atoms with Crippen LogP contribution in [0.4, 0.5) is 28.8 Å². The molecule has 3 heterocycles. The van der Waals surface area contributed by atoms with E-state index >= 15 is 0 Å². The predicted molar refractivity (Wildman–Crippen MR) is 164 cm³/mol. The number of hydrogen-bond acceptors (Lipinski definition) is 9. The molecule has 9 heteroatoms. The highest BCUT2D eigenvalue weighted by Gasteiger charge is 2.26. The largest absolute Gasteiger partial charge is 0.494 e. The molecule has 208 valence electrons. The summed E-state index contributed by atoms with van der Waals surface area (Å²) in [7, 11) is 6.01. The lowest BCUT2D eigenvalue weighted by atomic mass is 10.1. The molecule has 0 saturated carbocycles. The fourth-order valence-electron chi connectivity index (χ4n) is 5.36. The number of methoxy groups -OCH3 is 1. The smallest absolute Gasteiger partial charge is 0.229 e. The van der Waals surface area contributed by atoms with Crippen LogP contribution in [0.15, 0.2) is 49.4 Å². The van der Waals surface area contributed by atoms with Gasteiger partial charge in [0.15, 0.2) is 0 Å². The van der Waals surface area contributed by atoms with E-state index in [1.807, 2.05) is 12.1 Å². The van der Waals surface area contributed by atoms with E-state index in [0.717, 1.165) is 71.6 Å². The molecule has 1 atom stereocenters. The minimum atomic E-state index is 0.466. The summed E-state index contributed by atoms with van der Waals surface area (Å²) in [6.07, 6.45) is 9.81. The first-order valence-corrected chi connectivity index (χ1v) is 13.8. The molecule has 2 N–H and O–H groups in total. The molecular weight excluding hydrogens is 500 g/mol. The zero-order valence-corrected chi connectivity index (χ0v) is 24.0. The molecular formula is C31H38N8O. The van der Waals surface area contributed by atoms with Crippen molar-refractivity contribution in [3.63, 3.8) is 0 Å². The van der Waals surface area contributed by atoms with Gasteiger partial charge in [-0.2, -0.15) is 4.98 Å². The van der Waals surface area contributed by atoms with Crippen LogP contribution in [0.25, 0.3) is 17.1 Å². The lowest BCUT2D eigenvalue weighted by Crippen LogP contribution is -2.31. The lowest BCUT2D eigenvalue weighted by Gasteiger charge is -2.25. The van der Waals surface area contributed by atoms with Crippen molar-refractivity contribution in [3.05, 3.63) is 66.1 Å². The Morgan fingerprint density at radius 1 is 1.07 bits per heavy atom. The summed E-state index contributed by atoms with van der Waals surface area (Å²) in [6, 6.07) is 8.84. The summed E-state index contributed by atoms with van der Waals surface area (Å²) in [5, 5.41) is 6.91. The van der Waals surface area contributed by atoms with Crippen LogP contribution in [0.5, 0.6) is 5.75 Å². The van der Waals surface area contributed by atoms with E-state index in [-0.39, 0.29) is 0 Å². The first-order chi connectivity index (χ1) is 19.4. The Hall–Kier alpha value is -4.24. The highest BCUT2D eigenvalue weighted by atomic mass is 16.5. The molecule has 1 fully saturated rings. The summed E-state index contributed by atoms with van der Waals surface area (Å²) in [5.74, 6) is 1.88. The molecule has 5 rings (SSSR count). The molecule has 0 radical (unpaired) electrons. The van der Waals surface area contributed by atoms with Crippen molar-refractivity contribution < 1.29 is 4.74 Å². The van der Waals surface area contributed by atoms with Crippen LogP contribution in [0.3, 0.4) is 0 Å². The normalized spacial score (nSPS) is 15.1. The number of fused-ring (bicyclic) bond motifs is 1. The molecule has 0 spiro atoms. The number of anilines is 5. The predicted octanol–water partition coefficient (Wildman–Crippen LogP) is 5.82. The monoisotopic (exact) mass is 538 g/mol. The second kappa shape index (κ2) is 11.9. The van der Waals surface area contributed by atoms with Crippen LogP contribution < -0.4 is 20.3 Å². The molecule has 40 heavy (non-hydrogen) atoms. The minimum Gasteiger partial charge on any atom is -0.494 e. The number of likely N-dealkylation sites (N-methyl/N-ethyl adjacent to an activating group) is 1. The van der Waals surface area contributed by atoms with Gasteiger partial charge in [0.05, 0.1) is 23.8 Å². The van der Waals surface area contributed by atoms with Crippen LogP contribution in [0.1, 0.15) is 37.0 Å². The Morgan fingerprint density at radius 3 is 2.60 bits per heavy atom. The lowest BCUT2D eigenvalue weighted by molar-refractivity contribution is 0.315. The van der Waals surface area contributed by atoms with Gasteiger partial charge < -0.3 is 25.2 Å². The quantitative estimate of drug-likeness (QED) is 0.259. The van der Waals surface area contributed by atoms with E-state index < -0.39 is 0 Å². The Bertz CT molecular complexity index is 1520. The summed E-state index contributed by atoms with van der Waals surface area (Å²) in [5.41, 5.74) is 7.88. The molecule has 0 amide bonds. The molecule has 1 saturated heterocycles. The first kappa shape index (κ1) is 27.3. The van der Waals surface area contributed by atoms with Crippen molar-refractivity contribution in [1.82, 2.24) is 24.8 Å². The molecule has 9 nitrogen and oxygen atoms in total. The van der Waals surface area contributed by atoms with Crippen molar-refractivity contribution >= 4 is 45.9 Å². The average Bonchev–Trinajstić information content (AvgIpc) is 3.48. The van der Waals surface area contributed by atoms with Gasteiger partial charge in [-0.1, -0.05) is 26.5 Å². The SMILES string of the molecule is C=Cc1cnc(Nc2cc(CC)c(N3CCC(N(C)C)C3)cc2OC)nc1Nc1ccc2nccnc2c1CC. The summed E-state index contributed by atoms with van der Waals surface area (Å²) in [6.45, 7) is 10.3. The third kappa shape index (κ3) is 5.42. The maximum Gasteiger partial charge on any atom is 0.229 e. The fraction of sp³-hybridized carbons (Fsp3) is 0.355. The fourth-order valence-corrected chi connectivity index (χ4v) is 5.36. The van der Waals surface area contributed by atoms with Gasteiger partial charge in [-0.05, 0) is 57.1 Å². The van der Waals surface area contributed by atoms with E-state index in [1.165, 1.54) is 11.3 Å². The molecule has 0 bridgehead atoms. The van der Waals surface area contributed by atoms with Crippen LogP contribution in [0.2, 0.25) is 0 Å². The minimum absolute atomic E-state index is 0.466. The van der Waals surface area contributed by atoms with Crippen molar-refractivity contribution in [1.29, 1.82) is 0 Å². The van der Waals surface area contributed by atoms with Crippen molar-refractivity contribution in [2.75, 3.05) is 49.8 Å². The topological polar surface area (TPSA) is 91.3 Å². The van der Waals surface area contributed by atoms with Gasteiger partial charge in [0.25, 0.3) is 0 Å². The first-order valence-electron chi connectivity index (χ1n) is 13.8. The number of ether oxygens (including phenoxy) is 1. The highest BCUT2D eigenvalue weighted by molar-refractivity contribution is 5.85. The summed E-state index contributed by atoms with van der Waals surface area (Å²) >= 11 is 0. The summed E-state index contributed by atoms with van der Waals surface area (Å²) < 4.78 is 5.83. The number of benzene rings is 2. The van der Waals surface area contributed by atoms with Crippen molar-refractivity contribution in [3.8, 4) is 5.75 Å². The third-order valence-electron chi connectivity index (χ3n) is 7.65. The Kier molecular flexibility index (Phi) is 8.11. The molecule has 1 aliphatic heterocycles. The van der Waals surface area contributed by atoms with Gasteiger partial charge in [0.1, 0.15) is 11.6 Å².